The lowest BCUT2D eigenvalue weighted by Gasteiger charge is -2.34. The highest BCUT2D eigenvalue weighted by molar-refractivity contribution is 6.28. The summed E-state index contributed by atoms with van der Waals surface area (Å²) in [7, 11) is 1.99. The molecule has 0 radical (unpaired) electrons. The highest BCUT2D eigenvalue weighted by Gasteiger charge is 2.24. The van der Waals surface area contributed by atoms with Crippen LogP contribution in [0.3, 0.4) is 0 Å². The van der Waals surface area contributed by atoms with Crippen LogP contribution < -0.4 is 4.90 Å². The Bertz CT molecular complexity index is 536. The van der Waals surface area contributed by atoms with Crippen LogP contribution in [0, 0.1) is 0 Å². The van der Waals surface area contributed by atoms with E-state index in [0.717, 1.165) is 0 Å². The summed E-state index contributed by atoms with van der Waals surface area (Å²) in [6, 6.07) is 2.32. The van der Waals surface area contributed by atoms with E-state index in [1.165, 1.54) is 19.3 Å². The maximum absolute atomic E-state index is 5.95. The highest BCUT2D eigenvalue weighted by Crippen LogP contribution is 2.26. The van der Waals surface area contributed by atoms with Crippen molar-refractivity contribution in [2.24, 2.45) is 0 Å². The van der Waals surface area contributed by atoms with Crippen LogP contribution in [-0.2, 0) is 0 Å². The van der Waals surface area contributed by atoms with Crippen molar-refractivity contribution >= 4 is 17.5 Å². The van der Waals surface area contributed by atoms with E-state index in [2.05, 4.69) is 25.0 Å². The van der Waals surface area contributed by atoms with E-state index in [1.54, 1.807) is 17.1 Å². The fourth-order valence-electron chi connectivity index (χ4n) is 1.91. The van der Waals surface area contributed by atoms with Crippen LogP contribution in [0.2, 0.25) is 5.28 Å². The molecule has 0 atom stereocenters. The van der Waals surface area contributed by atoms with Crippen molar-refractivity contribution in [3.63, 3.8) is 0 Å². The van der Waals surface area contributed by atoms with E-state index >= 15 is 0 Å². The summed E-state index contributed by atoms with van der Waals surface area (Å²) < 4.78 is 1.58. The molecule has 0 saturated heterocycles. The van der Waals surface area contributed by atoms with Gasteiger partial charge in [-0.1, -0.05) is 0 Å². The van der Waals surface area contributed by atoms with Crippen molar-refractivity contribution < 1.29 is 0 Å². The van der Waals surface area contributed by atoms with Crippen molar-refractivity contribution in [1.82, 2.24) is 24.7 Å². The quantitative estimate of drug-likeness (QED) is 0.844. The molecule has 2 heterocycles. The smallest absolute Gasteiger partial charge is 0.256 e. The van der Waals surface area contributed by atoms with Crippen LogP contribution in [0.25, 0.3) is 5.95 Å². The van der Waals surface area contributed by atoms with Gasteiger partial charge in [0.25, 0.3) is 5.95 Å². The third kappa shape index (κ3) is 2.03. The lowest BCUT2D eigenvalue weighted by molar-refractivity contribution is 0.396. The molecule has 18 heavy (non-hydrogen) atoms. The summed E-state index contributed by atoms with van der Waals surface area (Å²) in [5.41, 5.74) is 0. The van der Waals surface area contributed by atoms with Gasteiger partial charge in [0.2, 0.25) is 11.2 Å². The minimum Gasteiger partial charge on any atom is -0.341 e. The second kappa shape index (κ2) is 4.53. The fraction of sp³-hybridized carbons (Fsp3) is 0.455. The number of rotatable bonds is 3. The molecule has 0 N–H and O–H groups in total. The molecular formula is C11H13ClN6. The van der Waals surface area contributed by atoms with E-state index in [1.807, 2.05) is 13.1 Å². The zero-order valence-electron chi connectivity index (χ0n) is 9.99. The Balaban J connectivity index is 1.95. The molecule has 1 fully saturated rings. The molecule has 2 aromatic heterocycles. The standard InChI is InChI=1S/C11H13ClN6/c1-17(8-4-2-5-8)10-14-9(12)15-11(16-10)18-7-3-6-13-18/h3,6-8H,2,4-5H2,1H3. The second-order valence-corrected chi connectivity index (χ2v) is 4.69. The Morgan fingerprint density at radius 3 is 2.78 bits per heavy atom. The summed E-state index contributed by atoms with van der Waals surface area (Å²) >= 11 is 5.95. The first-order valence-electron chi connectivity index (χ1n) is 5.88. The van der Waals surface area contributed by atoms with Gasteiger partial charge in [0.05, 0.1) is 0 Å². The molecule has 0 aromatic carbocycles. The van der Waals surface area contributed by atoms with Crippen LogP contribution in [-0.4, -0.2) is 37.8 Å². The number of hydrogen-bond donors (Lipinski definition) is 0. The lowest BCUT2D eigenvalue weighted by Crippen LogP contribution is -2.38. The van der Waals surface area contributed by atoms with E-state index in [-0.39, 0.29) is 5.28 Å². The van der Waals surface area contributed by atoms with Gasteiger partial charge in [0.1, 0.15) is 0 Å². The predicted octanol–water partition coefficient (Wildman–Crippen LogP) is 1.70. The van der Waals surface area contributed by atoms with Gasteiger partial charge in [-0.25, -0.2) is 4.68 Å². The van der Waals surface area contributed by atoms with Crippen LogP contribution in [0.15, 0.2) is 18.5 Å². The molecule has 94 valence electrons. The van der Waals surface area contributed by atoms with Crippen molar-refractivity contribution in [3.8, 4) is 5.95 Å². The summed E-state index contributed by atoms with van der Waals surface area (Å²) in [5, 5.41) is 4.29. The number of anilines is 1. The topological polar surface area (TPSA) is 59.7 Å². The largest absolute Gasteiger partial charge is 0.341 e. The number of nitrogens with zero attached hydrogens (tertiary/aromatic N) is 6. The third-order valence-corrected chi connectivity index (χ3v) is 3.40. The van der Waals surface area contributed by atoms with Crippen LogP contribution >= 0.6 is 11.6 Å². The van der Waals surface area contributed by atoms with Gasteiger partial charge in [-0.15, -0.1) is 0 Å². The molecule has 1 aliphatic rings. The molecule has 0 amide bonds. The van der Waals surface area contributed by atoms with E-state index in [4.69, 9.17) is 11.6 Å². The zero-order valence-corrected chi connectivity index (χ0v) is 10.7. The van der Waals surface area contributed by atoms with Gasteiger partial charge in [-0.05, 0) is 36.9 Å². The van der Waals surface area contributed by atoms with Gasteiger partial charge in [-0.3, -0.25) is 0 Å². The van der Waals surface area contributed by atoms with Gasteiger partial charge < -0.3 is 4.90 Å². The van der Waals surface area contributed by atoms with Gasteiger partial charge in [0, 0.05) is 25.5 Å². The highest BCUT2D eigenvalue weighted by atomic mass is 35.5. The summed E-state index contributed by atoms with van der Waals surface area (Å²) in [4.78, 5) is 14.7. The van der Waals surface area contributed by atoms with Crippen LogP contribution in [0.4, 0.5) is 5.95 Å². The Morgan fingerprint density at radius 2 is 2.17 bits per heavy atom. The molecule has 1 saturated carbocycles. The Kier molecular flexibility index (Phi) is 2.87. The first-order valence-corrected chi connectivity index (χ1v) is 6.26. The summed E-state index contributed by atoms with van der Waals surface area (Å²) in [5.74, 6) is 1.05. The molecule has 7 heteroatoms. The Hall–Kier alpha value is -1.69. The van der Waals surface area contributed by atoms with E-state index < -0.39 is 0 Å². The van der Waals surface area contributed by atoms with Gasteiger partial charge in [-0.2, -0.15) is 20.1 Å². The minimum atomic E-state index is 0.191. The number of hydrogen-bond acceptors (Lipinski definition) is 5. The maximum atomic E-state index is 5.95. The average molecular weight is 265 g/mol. The normalized spacial score (nSPS) is 15.4. The molecule has 3 rings (SSSR count). The van der Waals surface area contributed by atoms with E-state index in [0.29, 0.717) is 17.9 Å². The second-order valence-electron chi connectivity index (χ2n) is 4.35. The van der Waals surface area contributed by atoms with Crippen molar-refractivity contribution in [2.45, 2.75) is 25.3 Å². The molecule has 1 aliphatic carbocycles. The number of aromatic nitrogens is 5. The van der Waals surface area contributed by atoms with E-state index in [9.17, 15) is 0 Å². The molecule has 0 unspecified atom stereocenters. The average Bonchev–Trinajstić information content (AvgIpc) is 2.79. The van der Waals surface area contributed by atoms with Crippen molar-refractivity contribution in [3.05, 3.63) is 23.7 Å². The lowest BCUT2D eigenvalue weighted by atomic mass is 9.92. The molecule has 0 bridgehead atoms. The molecule has 0 spiro atoms. The maximum Gasteiger partial charge on any atom is 0.256 e. The summed E-state index contributed by atoms with van der Waals surface area (Å²) in [6.07, 6.45) is 7.07. The SMILES string of the molecule is CN(c1nc(Cl)nc(-n2cccn2)n1)C1CCC1. The summed E-state index contributed by atoms with van der Waals surface area (Å²) in [6.45, 7) is 0. The minimum absolute atomic E-state index is 0.191. The van der Waals surface area contributed by atoms with Crippen LogP contribution in [0.1, 0.15) is 19.3 Å². The Morgan fingerprint density at radius 1 is 1.33 bits per heavy atom. The first kappa shape index (κ1) is 11.4. The van der Waals surface area contributed by atoms with Crippen LogP contribution in [0.5, 0.6) is 0 Å². The molecular weight excluding hydrogens is 252 g/mol. The van der Waals surface area contributed by atoms with Gasteiger partial charge in [0.15, 0.2) is 0 Å². The number of halogens is 1. The van der Waals surface area contributed by atoms with Crippen molar-refractivity contribution in [1.29, 1.82) is 0 Å². The molecule has 2 aromatic rings. The molecule has 6 nitrogen and oxygen atoms in total. The van der Waals surface area contributed by atoms with Gasteiger partial charge >= 0.3 is 0 Å². The molecule has 0 aliphatic heterocycles. The third-order valence-electron chi connectivity index (χ3n) is 3.23. The predicted molar refractivity (Wildman–Crippen MR) is 68.0 cm³/mol. The first-order chi connectivity index (χ1) is 8.74. The monoisotopic (exact) mass is 264 g/mol. The zero-order chi connectivity index (χ0) is 12.5. The Labute approximate surface area is 110 Å². The van der Waals surface area contributed by atoms with Crippen molar-refractivity contribution in [2.75, 3.05) is 11.9 Å². The fourth-order valence-corrected chi connectivity index (χ4v) is 2.07.